The van der Waals surface area contributed by atoms with Crippen molar-refractivity contribution in [3.8, 4) is 0 Å². The summed E-state index contributed by atoms with van der Waals surface area (Å²) in [5.74, 6) is 0.814. The van der Waals surface area contributed by atoms with Gasteiger partial charge in [-0.3, -0.25) is 0 Å². The van der Waals surface area contributed by atoms with Crippen LogP contribution in [-0.2, 0) is 10.2 Å². The van der Waals surface area contributed by atoms with E-state index in [4.69, 9.17) is 0 Å². The molecule has 6 heteroatoms. The van der Waals surface area contributed by atoms with E-state index in [0.29, 0.717) is 31.0 Å². The molecule has 0 amide bonds. The van der Waals surface area contributed by atoms with Gasteiger partial charge >= 0.3 is 0 Å². The lowest BCUT2D eigenvalue weighted by atomic mass is 9.99. The monoisotopic (exact) mass is 293 g/mol. The van der Waals surface area contributed by atoms with Gasteiger partial charge < -0.3 is 5.32 Å². The molecule has 0 bridgehead atoms. The van der Waals surface area contributed by atoms with Crippen LogP contribution in [0.4, 0.5) is 0 Å². The van der Waals surface area contributed by atoms with Gasteiger partial charge in [-0.2, -0.15) is 12.7 Å². The molecule has 0 aromatic rings. The van der Waals surface area contributed by atoms with Gasteiger partial charge in [-0.1, -0.05) is 34.6 Å². The molecule has 0 radical (unpaired) electrons. The molecule has 0 aliphatic rings. The van der Waals surface area contributed by atoms with Crippen LogP contribution in [0.3, 0.4) is 0 Å². The maximum absolute atomic E-state index is 12.0. The van der Waals surface area contributed by atoms with E-state index < -0.39 is 10.2 Å². The van der Waals surface area contributed by atoms with Gasteiger partial charge in [-0.15, -0.1) is 0 Å². The molecule has 116 valence electrons. The first-order chi connectivity index (χ1) is 8.66. The molecular weight excluding hydrogens is 262 g/mol. The Hall–Kier alpha value is -0.170. The van der Waals surface area contributed by atoms with E-state index in [-0.39, 0.29) is 0 Å². The molecule has 0 aliphatic carbocycles. The van der Waals surface area contributed by atoms with Crippen LogP contribution in [0.2, 0.25) is 0 Å². The molecule has 0 saturated heterocycles. The average molecular weight is 293 g/mol. The van der Waals surface area contributed by atoms with Crippen molar-refractivity contribution in [2.45, 2.75) is 47.1 Å². The van der Waals surface area contributed by atoms with Gasteiger partial charge in [0.2, 0.25) is 0 Å². The van der Waals surface area contributed by atoms with Crippen molar-refractivity contribution in [2.24, 2.45) is 11.8 Å². The Balaban J connectivity index is 4.04. The van der Waals surface area contributed by atoms with Crippen molar-refractivity contribution < 1.29 is 8.42 Å². The lowest BCUT2D eigenvalue weighted by Gasteiger charge is -2.21. The summed E-state index contributed by atoms with van der Waals surface area (Å²) in [7, 11) is -1.71. The smallest absolute Gasteiger partial charge is 0.279 e. The van der Waals surface area contributed by atoms with Gasteiger partial charge in [0.05, 0.1) is 0 Å². The van der Waals surface area contributed by atoms with Gasteiger partial charge in [0, 0.05) is 26.2 Å². The fraction of sp³-hybridized carbons (Fsp3) is 1.00. The van der Waals surface area contributed by atoms with Crippen LogP contribution in [0.5, 0.6) is 0 Å². The molecule has 0 heterocycles. The molecule has 0 aliphatic heterocycles. The summed E-state index contributed by atoms with van der Waals surface area (Å²) >= 11 is 0. The summed E-state index contributed by atoms with van der Waals surface area (Å²) in [5.41, 5.74) is 0. The molecule has 0 saturated carbocycles. The number of rotatable bonds is 10. The van der Waals surface area contributed by atoms with Gasteiger partial charge in [0.25, 0.3) is 10.2 Å². The molecule has 0 aromatic carbocycles. The van der Waals surface area contributed by atoms with Crippen LogP contribution in [0.1, 0.15) is 41.0 Å². The maximum Gasteiger partial charge on any atom is 0.279 e. The van der Waals surface area contributed by atoms with Gasteiger partial charge in [-0.25, -0.2) is 4.72 Å². The minimum Gasteiger partial charge on any atom is -0.314 e. The van der Waals surface area contributed by atoms with E-state index in [1.54, 1.807) is 7.05 Å². The maximum atomic E-state index is 12.0. The summed E-state index contributed by atoms with van der Waals surface area (Å²) in [5, 5.41) is 3.28. The normalized spacial score (nSPS) is 14.6. The second kappa shape index (κ2) is 8.89. The predicted molar refractivity (Wildman–Crippen MR) is 81.3 cm³/mol. The SMILES string of the molecule is CC(C)NCCCN(C)S(=O)(=O)NCC(C)C(C)C. The first kappa shape index (κ1) is 18.8. The highest BCUT2D eigenvalue weighted by Crippen LogP contribution is 2.08. The molecule has 1 unspecified atom stereocenters. The molecule has 1 atom stereocenters. The third kappa shape index (κ3) is 8.57. The van der Waals surface area contributed by atoms with Crippen LogP contribution in [0.25, 0.3) is 0 Å². The van der Waals surface area contributed by atoms with Crippen LogP contribution < -0.4 is 10.0 Å². The minimum atomic E-state index is -3.33. The van der Waals surface area contributed by atoms with Crippen LogP contribution >= 0.6 is 0 Å². The highest BCUT2D eigenvalue weighted by molar-refractivity contribution is 7.87. The Labute approximate surface area is 119 Å². The zero-order valence-corrected chi connectivity index (χ0v) is 14.0. The van der Waals surface area contributed by atoms with E-state index in [1.807, 2.05) is 0 Å². The molecule has 0 spiro atoms. The summed E-state index contributed by atoms with van der Waals surface area (Å²) in [6.45, 7) is 12.3. The second-order valence-corrected chi connectivity index (χ2v) is 7.72. The van der Waals surface area contributed by atoms with E-state index in [0.717, 1.165) is 13.0 Å². The topological polar surface area (TPSA) is 61.4 Å². The molecular formula is C13H31N3O2S. The lowest BCUT2D eigenvalue weighted by Crippen LogP contribution is -2.41. The Morgan fingerprint density at radius 2 is 1.68 bits per heavy atom. The third-order valence-electron chi connectivity index (χ3n) is 3.34. The van der Waals surface area contributed by atoms with Gasteiger partial charge in [0.1, 0.15) is 0 Å². The molecule has 19 heavy (non-hydrogen) atoms. The average Bonchev–Trinajstić information content (AvgIpc) is 2.30. The minimum absolute atomic E-state index is 0.339. The zero-order chi connectivity index (χ0) is 15.1. The first-order valence-electron chi connectivity index (χ1n) is 7.11. The van der Waals surface area contributed by atoms with E-state index in [2.05, 4.69) is 44.7 Å². The van der Waals surface area contributed by atoms with Crippen LogP contribution in [0, 0.1) is 11.8 Å². The molecule has 0 aromatic heterocycles. The summed E-state index contributed by atoms with van der Waals surface area (Å²) in [6, 6.07) is 0.437. The van der Waals surface area contributed by atoms with Gasteiger partial charge in [-0.05, 0) is 24.8 Å². The van der Waals surface area contributed by atoms with Crippen molar-refractivity contribution in [3.63, 3.8) is 0 Å². The van der Waals surface area contributed by atoms with E-state index >= 15 is 0 Å². The van der Waals surface area contributed by atoms with Crippen molar-refractivity contribution in [3.05, 3.63) is 0 Å². The summed E-state index contributed by atoms with van der Waals surface area (Å²) in [6.07, 6.45) is 0.815. The summed E-state index contributed by atoms with van der Waals surface area (Å²) in [4.78, 5) is 0. The third-order valence-corrected chi connectivity index (χ3v) is 4.87. The fourth-order valence-electron chi connectivity index (χ4n) is 1.40. The Bertz CT molecular complexity index is 329. The molecule has 0 rings (SSSR count). The highest BCUT2D eigenvalue weighted by Gasteiger charge is 2.18. The lowest BCUT2D eigenvalue weighted by molar-refractivity contribution is 0.398. The number of hydrogen-bond acceptors (Lipinski definition) is 3. The highest BCUT2D eigenvalue weighted by atomic mass is 32.2. The van der Waals surface area contributed by atoms with Crippen LogP contribution in [0.15, 0.2) is 0 Å². The fourth-order valence-corrected chi connectivity index (χ4v) is 2.46. The first-order valence-corrected chi connectivity index (χ1v) is 8.55. The van der Waals surface area contributed by atoms with Crippen molar-refractivity contribution in [2.75, 3.05) is 26.7 Å². The number of nitrogens with one attached hydrogen (secondary N) is 2. The molecule has 2 N–H and O–H groups in total. The van der Waals surface area contributed by atoms with Gasteiger partial charge in [0.15, 0.2) is 0 Å². The molecule has 5 nitrogen and oxygen atoms in total. The van der Waals surface area contributed by atoms with E-state index in [9.17, 15) is 8.42 Å². The Morgan fingerprint density at radius 3 is 2.16 bits per heavy atom. The Morgan fingerprint density at radius 1 is 1.11 bits per heavy atom. The molecule has 0 fully saturated rings. The summed E-state index contributed by atoms with van der Waals surface area (Å²) < 4.78 is 28.0. The largest absolute Gasteiger partial charge is 0.314 e. The van der Waals surface area contributed by atoms with E-state index in [1.165, 1.54) is 4.31 Å². The number of nitrogens with zero attached hydrogens (tertiary/aromatic N) is 1. The van der Waals surface area contributed by atoms with Crippen LogP contribution in [-0.4, -0.2) is 45.4 Å². The van der Waals surface area contributed by atoms with Crippen molar-refractivity contribution in [1.29, 1.82) is 0 Å². The zero-order valence-electron chi connectivity index (χ0n) is 13.2. The Kier molecular flexibility index (Phi) is 8.81. The second-order valence-electron chi connectivity index (χ2n) is 5.86. The van der Waals surface area contributed by atoms with Crippen molar-refractivity contribution in [1.82, 2.24) is 14.3 Å². The quantitative estimate of drug-likeness (QED) is 0.599. The predicted octanol–water partition coefficient (Wildman–Crippen LogP) is 1.43. The standard InChI is InChI=1S/C13H31N3O2S/c1-11(2)13(5)10-15-19(17,18)16(6)9-7-8-14-12(3)4/h11-15H,7-10H2,1-6H3. The number of hydrogen-bond donors (Lipinski definition) is 2. The van der Waals surface area contributed by atoms with Crippen molar-refractivity contribution >= 4 is 10.2 Å².